The summed E-state index contributed by atoms with van der Waals surface area (Å²) in [5.74, 6) is 1.37. The van der Waals surface area contributed by atoms with Gasteiger partial charge < -0.3 is 15.2 Å². The average Bonchev–Trinajstić information content (AvgIpc) is 3.01. The fourth-order valence-electron chi connectivity index (χ4n) is 4.91. The second-order valence-corrected chi connectivity index (χ2v) is 9.27. The lowest BCUT2D eigenvalue weighted by Crippen LogP contribution is -2.55. The smallest absolute Gasteiger partial charge is 0.240 e. The molecule has 2 saturated heterocycles. The molecule has 0 spiro atoms. The van der Waals surface area contributed by atoms with Crippen LogP contribution in [0.25, 0.3) is 10.9 Å². The van der Waals surface area contributed by atoms with Gasteiger partial charge in [0.05, 0.1) is 12.1 Å². The van der Waals surface area contributed by atoms with Crippen molar-refractivity contribution in [3.8, 4) is 0 Å². The van der Waals surface area contributed by atoms with Gasteiger partial charge in [-0.05, 0) is 50.4 Å². The van der Waals surface area contributed by atoms with Crippen LogP contribution in [0.15, 0.2) is 30.5 Å². The van der Waals surface area contributed by atoms with Crippen LogP contribution in [-0.2, 0) is 4.79 Å². The average molecular weight is 415 g/mol. The maximum absolute atomic E-state index is 13.9. The van der Waals surface area contributed by atoms with E-state index in [9.17, 15) is 4.79 Å². The molecule has 0 saturated carbocycles. The van der Waals surface area contributed by atoms with Crippen LogP contribution in [0.3, 0.4) is 0 Å². The predicted molar refractivity (Wildman–Crippen MR) is 122 cm³/mol. The molecular formula is C23H34N4OS. The first-order chi connectivity index (χ1) is 14.3. The Kier molecular flexibility index (Phi) is 7.16. The lowest BCUT2D eigenvalue weighted by molar-refractivity contribution is -0.140. The second kappa shape index (κ2) is 10.0. The number of nitrogens with one attached hydrogen (secondary N) is 2. The lowest BCUT2D eigenvalue weighted by atomic mass is 10.0. The van der Waals surface area contributed by atoms with Gasteiger partial charge in [0.2, 0.25) is 5.91 Å². The van der Waals surface area contributed by atoms with Gasteiger partial charge in [0.1, 0.15) is 0 Å². The van der Waals surface area contributed by atoms with Crippen molar-refractivity contribution in [2.45, 2.75) is 44.2 Å². The molecule has 158 valence electrons. The minimum Gasteiger partial charge on any atom is -0.361 e. The maximum atomic E-state index is 13.9. The van der Waals surface area contributed by atoms with Gasteiger partial charge in [0.25, 0.3) is 0 Å². The SMILES string of the molecule is CSCC[C@H](C(=O)N1CCNCC1c1c[nH]c2ccccc12)N1CCCCCC1. The Hall–Kier alpha value is -1.50. The highest BCUT2D eigenvalue weighted by Crippen LogP contribution is 2.31. The quantitative estimate of drug-likeness (QED) is 0.758. The number of hydrogen-bond donors (Lipinski definition) is 2. The van der Waals surface area contributed by atoms with Crippen molar-refractivity contribution in [2.75, 3.05) is 44.7 Å². The summed E-state index contributed by atoms with van der Waals surface area (Å²) in [4.78, 5) is 21.9. The molecule has 5 nitrogen and oxygen atoms in total. The summed E-state index contributed by atoms with van der Waals surface area (Å²) < 4.78 is 0. The molecule has 6 heteroatoms. The van der Waals surface area contributed by atoms with E-state index in [1.165, 1.54) is 36.6 Å². The van der Waals surface area contributed by atoms with E-state index in [4.69, 9.17) is 0 Å². The maximum Gasteiger partial charge on any atom is 0.240 e. The van der Waals surface area contributed by atoms with Crippen LogP contribution in [0.4, 0.5) is 0 Å². The molecule has 4 rings (SSSR count). The van der Waals surface area contributed by atoms with Gasteiger partial charge in [-0.2, -0.15) is 11.8 Å². The zero-order valence-electron chi connectivity index (χ0n) is 17.5. The molecule has 1 amide bonds. The normalized spacial score (nSPS) is 22.5. The number of H-pyrrole nitrogens is 1. The summed E-state index contributed by atoms with van der Waals surface area (Å²) in [6, 6.07) is 8.53. The number of fused-ring (bicyclic) bond motifs is 1. The molecule has 2 aliphatic rings. The van der Waals surface area contributed by atoms with Gasteiger partial charge in [0, 0.05) is 42.3 Å². The predicted octanol–water partition coefficient (Wildman–Crippen LogP) is 3.64. The van der Waals surface area contributed by atoms with Gasteiger partial charge in [-0.15, -0.1) is 0 Å². The first-order valence-electron chi connectivity index (χ1n) is 11.1. The van der Waals surface area contributed by atoms with E-state index in [1.807, 2.05) is 11.8 Å². The number of para-hydroxylation sites is 1. The Morgan fingerprint density at radius 3 is 2.76 bits per heavy atom. The number of rotatable bonds is 6. The first kappa shape index (κ1) is 20.8. The third-order valence-corrected chi connectivity index (χ3v) is 7.11. The van der Waals surface area contributed by atoms with E-state index < -0.39 is 0 Å². The molecule has 1 unspecified atom stereocenters. The van der Waals surface area contributed by atoms with E-state index in [0.29, 0.717) is 5.91 Å². The number of nitrogens with zero attached hydrogens (tertiary/aromatic N) is 2. The van der Waals surface area contributed by atoms with Crippen molar-refractivity contribution < 1.29 is 4.79 Å². The van der Waals surface area contributed by atoms with Crippen LogP contribution in [0, 0.1) is 0 Å². The van der Waals surface area contributed by atoms with Crippen molar-refractivity contribution in [3.05, 3.63) is 36.0 Å². The van der Waals surface area contributed by atoms with Gasteiger partial charge in [0.15, 0.2) is 0 Å². The molecule has 3 heterocycles. The molecule has 2 aliphatic heterocycles. The summed E-state index contributed by atoms with van der Waals surface area (Å²) in [6.07, 6.45) is 10.2. The number of carbonyl (C=O) groups excluding carboxylic acids is 1. The minimum absolute atomic E-state index is 0.0198. The Morgan fingerprint density at radius 2 is 1.97 bits per heavy atom. The third-order valence-electron chi connectivity index (χ3n) is 6.47. The van der Waals surface area contributed by atoms with Crippen LogP contribution in [-0.4, -0.2) is 71.5 Å². The highest BCUT2D eigenvalue weighted by Gasteiger charge is 2.36. The van der Waals surface area contributed by atoms with Gasteiger partial charge in [-0.1, -0.05) is 31.0 Å². The largest absolute Gasteiger partial charge is 0.361 e. The van der Waals surface area contributed by atoms with E-state index >= 15 is 0 Å². The van der Waals surface area contributed by atoms with Crippen molar-refractivity contribution >= 4 is 28.6 Å². The van der Waals surface area contributed by atoms with Crippen LogP contribution in [0.2, 0.25) is 0 Å². The summed E-state index contributed by atoms with van der Waals surface area (Å²) in [5.41, 5.74) is 2.38. The molecule has 1 aromatic heterocycles. The zero-order chi connectivity index (χ0) is 20.1. The molecule has 2 atom stereocenters. The Bertz CT molecular complexity index is 799. The number of aromatic amines is 1. The van der Waals surface area contributed by atoms with Crippen molar-refractivity contribution in [1.82, 2.24) is 20.1 Å². The molecule has 1 aromatic carbocycles. The highest BCUT2D eigenvalue weighted by molar-refractivity contribution is 7.98. The summed E-state index contributed by atoms with van der Waals surface area (Å²) in [5, 5.41) is 4.75. The van der Waals surface area contributed by atoms with Gasteiger partial charge in [-0.25, -0.2) is 0 Å². The van der Waals surface area contributed by atoms with E-state index in [-0.39, 0.29) is 12.1 Å². The molecule has 2 aromatic rings. The summed E-state index contributed by atoms with van der Waals surface area (Å²) in [6.45, 7) is 4.61. The van der Waals surface area contributed by atoms with Crippen molar-refractivity contribution in [3.63, 3.8) is 0 Å². The highest BCUT2D eigenvalue weighted by atomic mass is 32.2. The summed E-state index contributed by atoms with van der Waals surface area (Å²) in [7, 11) is 0. The molecule has 0 aliphatic carbocycles. The lowest BCUT2D eigenvalue weighted by Gasteiger charge is -2.41. The van der Waals surface area contributed by atoms with Crippen LogP contribution >= 0.6 is 11.8 Å². The first-order valence-corrected chi connectivity index (χ1v) is 12.5. The number of hydrogen-bond acceptors (Lipinski definition) is 4. The monoisotopic (exact) mass is 414 g/mol. The summed E-state index contributed by atoms with van der Waals surface area (Å²) >= 11 is 1.85. The molecule has 0 bridgehead atoms. The van der Waals surface area contributed by atoms with Crippen LogP contribution in [0.1, 0.15) is 43.7 Å². The standard InChI is InChI=1S/C23H34N4OS/c1-29-15-10-21(26-12-6-2-3-7-13-26)23(28)27-14-11-24-17-22(27)19-16-25-20-9-5-4-8-18(19)20/h4-5,8-9,16,21-22,24-25H,2-3,6-7,10-15,17H2,1H3/t21-,22?/m1/s1. The van der Waals surface area contributed by atoms with Crippen LogP contribution < -0.4 is 5.32 Å². The van der Waals surface area contributed by atoms with Crippen LogP contribution in [0.5, 0.6) is 0 Å². The molecule has 0 radical (unpaired) electrons. The second-order valence-electron chi connectivity index (χ2n) is 8.29. The Balaban J connectivity index is 1.60. The van der Waals surface area contributed by atoms with Gasteiger partial charge >= 0.3 is 0 Å². The van der Waals surface area contributed by atoms with Crippen molar-refractivity contribution in [2.24, 2.45) is 0 Å². The Labute approximate surface area is 178 Å². The number of thioether (sulfide) groups is 1. The number of amides is 1. The van der Waals surface area contributed by atoms with E-state index in [2.05, 4.69) is 56.8 Å². The number of piperazine rings is 1. The Morgan fingerprint density at radius 1 is 1.17 bits per heavy atom. The number of likely N-dealkylation sites (tertiary alicyclic amines) is 1. The number of carbonyl (C=O) groups is 1. The molecule has 29 heavy (non-hydrogen) atoms. The van der Waals surface area contributed by atoms with E-state index in [0.717, 1.165) is 50.4 Å². The zero-order valence-corrected chi connectivity index (χ0v) is 18.3. The van der Waals surface area contributed by atoms with E-state index in [1.54, 1.807) is 0 Å². The van der Waals surface area contributed by atoms with Gasteiger partial charge in [-0.3, -0.25) is 9.69 Å². The fraction of sp³-hybridized carbons (Fsp3) is 0.609. The third kappa shape index (κ3) is 4.65. The van der Waals surface area contributed by atoms with Crippen molar-refractivity contribution in [1.29, 1.82) is 0 Å². The molecular weight excluding hydrogens is 380 g/mol. The topological polar surface area (TPSA) is 51.4 Å². The number of benzene rings is 1. The fourth-order valence-corrected chi connectivity index (χ4v) is 5.36. The number of aromatic nitrogens is 1. The molecule has 2 N–H and O–H groups in total. The minimum atomic E-state index is 0.0198. The molecule has 2 fully saturated rings.